The third-order valence-corrected chi connectivity index (χ3v) is 7.71. The molecule has 1 aliphatic rings. The van der Waals surface area contributed by atoms with E-state index in [-0.39, 0.29) is 17.9 Å². The van der Waals surface area contributed by atoms with Crippen molar-refractivity contribution in [2.45, 2.75) is 45.7 Å². The molecule has 5 nitrogen and oxygen atoms in total. The Morgan fingerprint density at radius 3 is 2.50 bits per heavy atom. The van der Waals surface area contributed by atoms with Crippen LogP contribution in [0, 0.1) is 5.92 Å². The summed E-state index contributed by atoms with van der Waals surface area (Å²) in [4.78, 5) is 32.7. The van der Waals surface area contributed by atoms with Crippen LogP contribution in [0.25, 0.3) is 0 Å². The number of benzene rings is 2. The lowest BCUT2D eigenvalue weighted by Crippen LogP contribution is -2.48. The van der Waals surface area contributed by atoms with E-state index in [4.69, 9.17) is 0 Å². The standard InChI is InChI=1S/C30H37N3O2S/c1-4-32(21-23-12-6-5-7-13-23)18-11-17-31-29(34)27-24-14-8-9-15-25(24)30(35)33(20-22(2)3)28(27)26-16-10-19-36-26/h5-10,12-16,19,22,27-28H,4,11,17-18,20-21H2,1-3H3,(H,31,34)/t27-,28-/m0/s1. The Labute approximate surface area is 219 Å². The van der Waals surface area contributed by atoms with Gasteiger partial charge in [0, 0.05) is 36.6 Å². The van der Waals surface area contributed by atoms with Crippen molar-refractivity contribution in [3.8, 4) is 0 Å². The van der Waals surface area contributed by atoms with Gasteiger partial charge < -0.3 is 10.2 Å². The fourth-order valence-electron chi connectivity index (χ4n) is 5.06. The van der Waals surface area contributed by atoms with Crippen molar-refractivity contribution in [3.05, 3.63) is 93.7 Å². The van der Waals surface area contributed by atoms with E-state index in [9.17, 15) is 9.59 Å². The highest BCUT2D eigenvalue weighted by molar-refractivity contribution is 7.10. The lowest BCUT2D eigenvalue weighted by atomic mass is 9.81. The predicted octanol–water partition coefficient (Wildman–Crippen LogP) is 5.71. The first kappa shape index (κ1) is 26.1. The molecule has 0 saturated carbocycles. The average Bonchev–Trinajstić information content (AvgIpc) is 3.42. The summed E-state index contributed by atoms with van der Waals surface area (Å²) in [5, 5.41) is 5.24. The monoisotopic (exact) mass is 503 g/mol. The first-order chi connectivity index (χ1) is 17.5. The molecule has 2 aromatic carbocycles. The van der Waals surface area contributed by atoms with Crippen LogP contribution in [0.4, 0.5) is 0 Å². The van der Waals surface area contributed by atoms with Crippen LogP contribution in [0.2, 0.25) is 0 Å². The van der Waals surface area contributed by atoms with Crippen molar-refractivity contribution in [2.75, 3.05) is 26.2 Å². The quantitative estimate of drug-likeness (QED) is 0.341. The summed E-state index contributed by atoms with van der Waals surface area (Å²) in [6.07, 6.45) is 0.874. The third kappa shape index (κ3) is 6.05. The molecule has 1 N–H and O–H groups in total. The number of amides is 2. The average molecular weight is 504 g/mol. The Hall–Kier alpha value is -2.96. The fraction of sp³-hybridized carbons (Fsp3) is 0.400. The van der Waals surface area contributed by atoms with Gasteiger partial charge in [-0.3, -0.25) is 14.5 Å². The van der Waals surface area contributed by atoms with E-state index in [1.165, 1.54) is 5.56 Å². The van der Waals surface area contributed by atoms with Crippen molar-refractivity contribution in [3.63, 3.8) is 0 Å². The summed E-state index contributed by atoms with van der Waals surface area (Å²) in [5.74, 6) is -0.118. The molecule has 3 aromatic rings. The minimum Gasteiger partial charge on any atom is -0.355 e. The van der Waals surface area contributed by atoms with E-state index < -0.39 is 5.92 Å². The van der Waals surface area contributed by atoms with Crippen LogP contribution in [-0.4, -0.2) is 47.8 Å². The van der Waals surface area contributed by atoms with E-state index in [1.54, 1.807) is 11.3 Å². The van der Waals surface area contributed by atoms with E-state index in [0.29, 0.717) is 24.6 Å². The molecule has 1 aromatic heterocycles. The molecule has 2 heterocycles. The van der Waals surface area contributed by atoms with Crippen molar-refractivity contribution in [1.82, 2.24) is 15.1 Å². The second-order valence-electron chi connectivity index (χ2n) is 9.88. The summed E-state index contributed by atoms with van der Waals surface area (Å²) >= 11 is 1.61. The van der Waals surface area contributed by atoms with Gasteiger partial charge in [-0.2, -0.15) is 0 Å². The van der Waals surface area contributed by atoms with Crippen LogP contribution < -0.4 is 5.32 Å². The van der Waals surface area contributed by atoms with E-state index in [1.807, 2.05) is 52.7 Å². The van der Waals surface area contributed by atoms with Crippen LogP contribution in [0.5, 0.6) is 0 Å². The Balaban J connectivity index is 1.49. The number of hydrogen-bond acceptors (Lipinski definition) is 4. The van der Waals surface area contributed by atoms with E-state index in [0.717, 1.165) is 36.5 Å². The van der Waals surface area contributed by atoms with Gasteiger partial charge in [-0.25, -0.2) is 0 Å². The summed E-state index contributed by atoms with van der Waals surface area (Å²) in [5.41, 5.74) is 2.78. The maximum absolute atomic E-state index is 13.8. The number of rotatable bonds is 11. The van der Waals surface area contributed by atoms with Gasteiger partial charge in [-0.1, -0.05) is 75.4 Å². The van der Waals surface area contributed by atoms with Gasteiger partial charge in [-0.15, -0.1) is 11.3 Å². The zero-order valence-electron chi connectivity index (χ0n) is 21.5. The van der Waals surface area contributed by atoms with E-state index in [2.05, 4.69) is 55.3 Å². The molecular formula is C30H37N3O2S. The molecular weight excluding hydrogens is 466 g/mol. The van der Waals surface area contributed by atoms with Crippen molar-refractivity contribution in [1.29, 1.82) is 0 Å². The molecule has 0 spiro atoms. The smallest absolute Gasteiger partial charge is 0.254 e. The van der Waals surface area contributed by atoms with Crippen LogP contribution in [0.3, 0.4) is 0 Å². The van der Waals surface area contributed by atoms with Gasteiger partial charge >= 0.3 is 0 Å². The number of fused-ring (bicyclic) bond motifs is 1. The zero-order valence-corrected chi connectivity index (χ0v) is 22.3. The molecule has 2 amide bonds. The van der Waals surface area contributed by atoms with Crippen molar-refractivity contribution >= 4 is 23.2 Å². The highest BCUT2D eigenvalue weighted by atomic mass is 32.1. The predicted molar refractivity (Wildman–Crippen MR) is 147 cm³/mol. The summed E-state index contributed by atoms with van der Waals surface area (Å²) < 4.78 is 0. The van der Waals surface area contributed by atoms with Crippen molar-refractivity contribution in [2.24, 2.45) is 5.92 Å². The molecule has 36 heavy (non-hydrogen) atoms. The third-order valence-electron chi connectivity index (χ3n) is 6.76. The van der Waals surface area contributed by atoms with E-state index >= 15 is 0 Å². The lowest BCUT2D eigenvalue weighted by molar-refractivity contribution is -0.124. The molecule has 2 atom stereocenters. The second-order valence-corrected chi connectivity index (χ2v) is 10.9. The SMILES string of the molecule is CCN(CCCNC(=O)[C@H]1c2ccccc2C(=O)N(CC(C)C)[C@H]1c1cccs1)Cc1ccccc1. The largest absolute Gasteiger partial charge is 0.355 e. The van der Waals surface area contributed by atoms with Gasteiger partial charge in [0.2, 0.25) is 5.91 Å². The second kappa shape index (κ2) is 12.3. The summed E-state index contributed by atoms with van der Waals surface area (Å²) in [6, 6.07) is 21.9. The topological polar surface area (TPSA) is 52.7 Å². The number of thiophene rings is 1. The Kier molecular flexibility index (Phi) is 8.94. The molecule has 0 bridgehead atoms. The number of hydrogen-bond donors (Lipinski definition) is 1. The number of nitrogens with one attached hydrogen (secondary N) is 1. The number of carbonyl (C=O) groups is 2. The molecule has 0 radical (unpaired) electrons. The first-order valence-electron chi connectivity index (χ1n) is 13.0. The lowest BCUT2D eigenvalue weighted by Gasteiger charge is -2.42. The van der Waals surface area contributed by atoms with Crippen molar-refractivity contribution < 1.29 is 9.59 Å². The highest BCUT2D eigenvalue weighted by Gasteiger charge is 2.44. The maximum atomic E-state index is 13.8. The van der Waals surface area contributed by atoms with Gasteiger partial charge in [-0.05, 0) is 47.5 Å². The minimum absolute atomic E-state index is 0.00628. The molecule has 0 saturated heterocycles. The maximum Gasteiger partial charge on any atom is 0.254 e. The molecule has 0 aliphatic carbocycles. The summed E-state index contributed by atoms with van der Waals surface area (Å²) in [6.45, 7) is 10.4. The summed E-state index contributed by atoms with van der Waals surface area (Å²) in [7, 11) is 0. The minimum atomic E-state index is -0.428. The molecule has 0 unspecified atom stereocenters. The number of nitrogens with zero attached hydrogens (tertiary/aromatic N) is 2. The Bertz CT molecular complexity index is 1130. The molecule has 1 aliphatic heterocycles. The van der Waals surface area contributed by atoms with Crippen LogP contribution in [0.1, 0.15) is 65.5 Å². The Morgan fingerprint density at radius 1 is 1.06 bits per heavy atom. The van der Waals surface area contributed by atoms with Crippen LogP contribution in [0.15, 0.2) is 72.1 Å². The number of carbonyl (C=O) groups excluding carboxylic acids is 2. The fourth-order valence-corrected chi connectivity index (χ4v) is 5.93. The highest BCUT2D eigenvalue weighted by Crippen LogP contribution is 2.44. The molecule has 6 heteroatoms. The molecule has 0 fully saturated rings. The first-order valence-corrected chi connectivity index (χ1v) is 13.8. The molecule has 4 rings (SSSR count). The van der Waals surface area contributed by atoms with Gasteiger partial charge in [0.25, 0.3) is 5.91 Å². The van der Waals surface area contributed by atoms with Gasteiger partial charge in [0.15, 0.2) is 0 Å². The van der Waals surface area contributed by atoms with Gasteiger partial charge in [0.05, 0.1) is 12.0 Å². The van der Waals surface area contributed by atoms with Crippen LogP contribution >= 0.6 is 11.3 Å². The van der Waals surface area contributed by atoms with Gasteiger partial charge in [0.1, 0.15) is 0 Å². The van der Waals surface area contributed by atoms with Crippen LogP contribution in [-0.2, 0) is 11.3 Å². The normalized spacial score (nSPS) is 17.5. The molecule has 190 valence electrons. The zero-order chi connectivity index (χ0) is 25.5. The Morgan fingerprint density at radius 2 is 1.81 bits per heavy atom.